The summed E-state index contributed by atoms with van der Waals surface area (Å²) in [5.74, 6) is -0.334. The number of aromatic nitrogens is 3. The first-order valence-electron chi connectivity index (χ1n) is 3.35. The van der Waals surface area contributed by atoms with Crippen molar-refractivity contribution in [2.24, 2.45) is 0 Å². The molecule has 0 radical (unpaired) electrons. The first-order chi connectivity index (χ1) is 5.26. The molecule has 0 aliphatic heterocycles. The monoisotopic (exact) mass is 153 g/mol. The maximum Gasteiger partial charge on any atom is 0.317 e. The number of aliphatic carboxylic acids is 1. The number of hydrogen-bond acceptors (Lipinski definition) is 3. The van der Waals surface area contributed by atoms with E-state index >= 15 is 0 Å². The Morgan fingerprint density at radius 3 is 2.82 bits per heavy atom. The number of carbonyl (C=O) groups is 1. The van der Waals surface area contributed by atoms with Crippen molar-refractivity contribution in [1.82, 2.24) is 15.2 Å². The highest BCUT2D eigenvalue weighted by Crippen LogP contribution is 2.46. The van der Waals surface area contributed by atoms with Crippen molar-refractivity contribution in [3.8, 4) is 0 Å². The van der Waals surface area contributed by atoms with Gasteiger partial charge in [-0.3, -0.25) is 9.89 Å². The van der Waals surface area contributed by atoms with E-state index in [1.807, 2.05) is 0 Å². The molecule has 0 spiro atoms. The van der Waals surface area contributed by atoms with Crippen LogP contribution >= 0.6 is 0 Å². The van der Waals surface area contributed by atoms with Gasteiger partial charge in [0.15, 0.2) is 0 Å². The summed E-state index contributed by atoms with van der Waals surface area (Å²) in [6.45, 7) is 0. The smallest absolute Gasteiger partial charge is 0.317 e. The second-order valence-electron chi connectivity index (χ2n) is 2.72. The maximum absolute atomic E-state index is 10.7. The Hall–Kier alpha value is -1.39. The summed E-state index contributed by atoms with van der Waals surface area (Å²) in [6.07, 6.45) is 2.66. The van der Waals surface area contributed by atoms with E-state index in [2.05, 4.69) is 15.2 Å². The second kappa shape index (κ2) is 1.81. The Balaban J connectivity index is 2.36. The molecule has 1 aliphatic rings. The van der Waals surface area contributed by atoms with Crippen molar-refractivity contribution in [3.63, 3.8) is 0 Å². The van der Waals surface area contributed by atoms with Gasteiger partial charge in [0.25, 0.3) is 0 Å². The van der Waals surface area contributed by atoms with Gasteiger partial charge in [-0.1, -0.05) is 0 Å². The normalized spacial score (nSPS) is 19.6. The van der Waals surface area contributed by atoms with Crippen LogP contribution in [0.25, 0.3) is 0 Å². The van der Waals surface area contributed by atoms with Crippen LogP contribution in [0.1, 0.15) is 18.7 Å². The molecule has 0 amide bonds. The highest BCUT2D eigenvalue weighted by atomic mass is 16.4. The fourth-order valence-corrected chi connectivity index (χ4v) is 1.11. The van der Waals surface area contributed by atoms with Crippen molar-refractivity contribution >= 4 is 5.97 Å². The molecule has 1 fully saturated rings. The van der Waals surface area contributed by atoms with Crippen molar-refractivity contribution in [2.45, 2.75) is 18.3 Å². The molecule has 1 aromatic rings. The summed E-state index contributed by atoms with van der Waals surface area (Å²) in [7, 11) is 0. The number of nitrogens with zero attached hydrogens (tertiary/aromatic N) is 2. The average molecular weight is 153 g/mol. The number of nitrogens with one attached hydrogen (secondary N) is 1. The molecule has 1 aliphatic carbocycles. The van der Waals surface area contributed by atoms with E-state index in [1.165, 1.54) is 6.33 Å². The Morgan fingerprint density at radius 2 is 2.45 bits per heavy atom. The Morgan fingerprint density at radius 1 is 1.73 bits per heavy atom. The van der Waals surface area contributed by atoms with E-state index in [9.17, 15) is 4.79 Å². The Labute approximate surface area is 62.5 Å². The largest absolute Gasteiger partial charge is 0.480 e. The van der Waals surface area contributed by atoms with Crippen molar-refractivity contribution in [1.29, 1.82) is 0 Å². The zero-order valence-corrected chi connectivity index (χ0v) is 5.74. The van der Waals surface area contributed by atoms with E-state index in [4.69, 9.17) is 5.11 Å². The van der Waals surface area contributed by atoms with Gasteiger partial charge in [-0.25, -0.2) is 4.98 Å². The minimum atomic E-state index is -0.811. The van der Waals surface area contributed by atoms with E-state index in [0.717, 1.165) is 0 Å². The predicted molar refractivity (Wildman–Crippen MR) is 34.9 cm³/mol. The number of carboxylic acid groups (broad SMARTS) is 1. The van der Waals surface area contributed by atoms with E-state index in [1.54, 1.807) is 0 Å². The third-order valence-electron chi connectivity index (χ3n) is 2.03. The van der Waals surface area contributed by atoms with Crippen molar-refractivity contribution in [3.05, 3.63) is 12.2 Å². The molecule has 1 heterocycles. The number of aromatic amines is 1. The predicted octanol–water partition coefficient (Wildman–Crippen LogP) is -0.0791. The van der Waals surface area contributed by atoms with E-state index in [0.29, 0.717) is 18.7 Å². The van der Waals surface area contributed by atoms with Gasteiger partial charge in [0, 0.05) is 0 Å². The average Bonchev–Trinajstić information content (AvgIpc) is 2.61. The summed E-state index contributed by atoms with van der Waals surface area (Å²) < 4.78 is 0. The van der Waals surface area contributed by atoms with Gasteiger partial charge >= 0.3 is 5.97 Å². The summed E-state index contributed by atoms with van der Waals surface area (Å²) in [6, 6.07) is 0. The van der Waals surface area contributed by atoms with Gasteiger partial charge in [0.2, 0.25) is 0 Å². The molecule has 0 aromatic carbocycles. The van der Waals surface area contributed by atoms with Crippen LogP contribution in [-0.2, 0) is 10.2 Å². The molecule has 0 saturated heterocycles. The lowest BCUT2D eigenvalue weighted by atomic mass is 10.1. The Bertz CT molecular complexity index is 276. The van der Waals surface area contributed by atoms with Gasteiger partial charge < -0.3 is 5.11 Å². The first kappa shape index (κ1) is 6.33. The van der Waals surface area contributed by atoms with Crippen molar-refractivity contribution < 1.29 is 9.90 Å². The van der Waals surface area contributed by atoms with E-state index in [-0.39, 0.29) is 0 Å². The van der Waals surface area contributed by atoms with Crippen LogP contribution in [-0.4, -0.2) is 26.3 Å². The summed E-state index contributed by atoms with van der Waals surface area (Å²) in [5, 5.41) is 15.0. The minimum absolute atomic E-state index is 0.477. The van der Waals surface area contributed by atoms with Gasteiger partial charge in [0.1, 0.15) is 17.6 Å². The summed E-state index contributed by atoms with van der Waals surface area (Å²) in [5.41, 5.74) is -0.740. The molecule has 58 valence electrons. The van der Waals surface area contributed by atoms with Gasteiger partial charge in [-0.15, -0.1) is 0 Å². The summed E-state index contributed by atoms with van der Waals surface area (Å²) in [4.78, 5) is 14.5. The molecule has 2 rings (SSSR count). The molecule has 0 atom stereocenters. The number of hydrogen-bond donors (Lipinski definition) is 2. The highest BCUT2D eigenvalue weighted by Gasteiger charge is 2.54. The van der Waals surface area contributed by atoms with Crippen LogP contribution in [0.2, 0.25) is 0 Å². The van der Waals surface area contributed by atoms with Gasteiger partial charge in [-0.05, 0) is 12.8 Å². The standard InChI is InChI=1S/C6H7N3O2/c10-5(11)6(1-2-6)4-7-3-8-9-4/h3H,1-2H2,(H,10,11)(H,7,8,9). The number of H-pyrrole nitrogens is 1. The molecule has 5 nitrogen and oxygen atoms in total. The SMILES string of the molecule is O=C(O)C1(c2ncn[nH]2)CC1. The molecule has 0 bridgehead atoms. The van der Waals surface area contributed by atoms with E-state index < -0.39 is 11.4 Å². The number of rotatable bonds is 2. The first-order valence-corrected chi connectivity index (χ1v) is 3.35. The molecular weight excluding hydrogens is 146 g/mol. The van der Waals surface area contributed by atoms with Crippen LogP contribution in [0.15, 0.2) is 6.33 Å². The van der Waals surface area contributed by atoms with Crippen molar-refractivity contribution in [2.75, 3.05) is 0 Å². The lowest BCUT2D eigenvalue weighted by Crippen LogP contribution is -2.20. The number of carboxylic acids is 1. The van der Waals surface area contributed by atoms with Crippen LogP contribution in [0.3, 0.4) is 0 Å². The Kier molecular flexibility index (Phi) is 1.04. The van der Waals surface area contributed by atoms with Gasteiger partial charge in [-0.2, -0.15) is 5.10 Å². The molecular formula is C6H7N3O2. The quantitative estimate of drug-likeness (QED) is 0.622. The third-order valence-corrected chi connectivity index (χ3v) is 2.03. The maximum atomic E-state index is 10.7. The molecule has 2 N–H and O–H groups in total. The van der Waals surface area contributed by atoms with Crippen LogP contribution in [0.4, 0.5) is 0 Å². The van der Waals surface area contributed by atoms with Gasteiger partial charge in [0.05, 0.1) is 0 Å². The zero-order valence-electron chi connectivity index (χ0n) is 5.74. The molecule has 1 saturated carbocycles. The fourth-order valence-electron chi connectivity index (χ4n) is 1.11. The molecule has 11 heavy (non-hydrogen) atoms. The lowest BCUT2D eigenvalue weighted by molar-refractivity contribution is -0.140. The third kappa shape index (κ3) is 0.736. The summed E-state index contributed by atoms with van der Waals surface area (Å²) >= 11 is 0. The highest BCUT2D eigenvalue weighted by molar-refractivity contribution is 5.83. The fraction of sp³-hybridized carbons (Fsp3) is 0.500. The minimum Gasteiger partial charge on any atom is -0.480 e. The molecule has 1 aromatic heterocycles. The lowest BCUT2D eigenvalue weighted by Gasteiger charge is -2.02. The molecule has 5 heteroatoms. The van der Waals surface area contributed by atoms with Crippen LogP contribution in [0, 0.1) is 0 Å². The molecule has 0 unspecified atom stereocenters. The van der Waals surface area contributed by atoms with Crippen LogP contribution < -0.4 is 0 Å². The van der Waals surface area contributed by atoms with Crippen LogP contribution in [0.5, 0.6) is 0 Å². The second-order valence-corrected chi connectivity index (χ2v) is 2.72. The topological polar surface area (TPSA) is 78.9 Å². The zero-order chi connectivity index (χ0) is 7.90.